The third-order valence-corrected chi connectivity index (χ3v) is 8.28. The molecule has 0 bridgehead atoms. The molecule has 4 rings (SSSR count). The minimum absolute atomic E-state index is 0.0588. The molecule has 25 heavy (non-hydrogen) atoms. The van der Waals surface area contributed by atoms with Gasteiger partial charge < -0.3 is 14.9 Å². The van der Waals surface area contributed by atoms with E-state index in [4.69, 9.17) is 4.74 Å². The summed E-state index contributed by atoms with van der Waals surface area (Å²) in [6.45, 7) is 4.24. The average Bonchev–Trinajstić information content (AvgIpc) is 2.88. The number of aliphatic hydroxyl groups is 2. The number of aliphatic hydroxyl groups excluding tert-OH is 2. The number of ether oxygens (including phenoxy) is 1. The van der Waals surface area contributed by atoms with Crippen molar-refractivity contribution in [2.75, 3.05) is 6.61 Å². The monoisotopic (exact) mass is 348 g/mol. The lowest BCUT2D eigenvalue weighted by atomic mass is 9.47. The van der Waals surface area contributed by atoms with Crippen molar-refractivity contribution in [3.8, 4) is 0 Å². The summed E-state index contributed by atoms with van der Waals surface area (Å²) < 4.78 is 5.57. The first kappa shape index (κ1) is 17.5. The molecule has 0 spiro atoms. The first-order valence-electron chi connectivity index (χ1n) is 10.1. The van der Waals surface area contributed by atoms with Crippen LogP contribution in [-0.4, -0.2) is 35.0 Å². The predicted molar refractivity (Wildman–Crippen MR) is 94.7 cm³/mol. The summed E-state index contributed by atoms with van der Waals surface area (Å²) in [7, 11) is 0. The quantitative estimate of drug-likeness (QED) is 0.594. The molecule has 0 radical (unpaired) electrons. The summed E-state index contributed by atoms with van der Waals surface area (Å²) in [6, 6.07) is 0. The molecule has 0 saturated heterocycles. The molecule has 3 saturated carbocycles. The van der Waals surface area contributed by atoms with Crippen LogP contribution in [0.4, 0.5) is 0 Å². The van der Waals surface area contributed by atoms with Gasteiger partial charge >= 0.3 is 5.97 Å². The molecule has 4 heteroatoms. The SMILES string of the molecule is CC(=O)OC[C@]12CC[C@H](O)CC1=CC[C@@H]1[C@@H]2CC[C@]2(C)[C@@H](O)CC[C@@H]12. The summed E-state index contributed by atoms with van der Waals surface area (Å²) in [5.41, 5.74) is 1.31. The van der Waals surface area contributed by atoms with Gasteiger partial charge in [-0.15, -0.1) is 0 Å². The Bertz CT molecular complexity index is 584. The van der Waals surface area contributed by atoms with E-state index >= 15 is 0 Å². The first-order chi connectivity index (χ1) is 11.9. The second-order valence-electron chi connectivity index (χ2n) is 9.31. The molecule has 4 nitrogen and oxygen atoms in total. The number of allylic oxidation sites excluding steroid dienone is 1. The van der Waals surface area contributed by atoms with Gasteiger partial charge in [0.2, 0.25) is 0 Å². The average molecular weight is 348 g/mol. The Morgan fingerprint density at radius 2 is 2.00 bits per heavy atom. The number of rotatable bonds is 2. The van der Waals surface area contributed by atoms with E-state index in [1.807, 2.05) is 0 Å². The maximum absolute atomic E-state index is 11.5. The van der Waals surface area contributed by atoms with Crippen LogP contribution in [0, 0.1) is 28.6 Å². The summed E-state index contributed by atoms with van der Waals surface area (Å²) in [4.78, 5) is 11.5. The molecule has 3 fully saturated rings. The van der Waals surface area contributed by atoms with Gasteiger partial charge in [-0.2, -0.15) is 0 Å². The molecule has 2 N–H and O–H groups in total. The maximum Gasteiger partial charge on any atom is 0.302 e. The van der Waals surface area contributed by atoms with Crippen molar-refractivity contribution in [2.45, 2.75) is 77.4 Å². The van der Waals surface area contributed by atoms with E-state index in [9.17, 15) is 15.0 Å². The van der Waals surface area contributed by atoms with Crippen LogP contribution in [0.5, 0.6) is 0 Å². The van der Waals surface area contributed by atoms with Crippen LogP contribution in [0.3, 0.4) is 0 Å². The van der Waals surface area contributed by atoms with Crippen LogP contribution in [-0.2, 0) is 9.53 Å². The highest BCUT2D eigenvalue weighted by molar-refractivity contribution is 5.66. The number of carbonyl (C=O) groups is 1. The van der Waals surface area contributed by atoms with Gasteiger partial charge in [0.25, 0.3) is 0 Å². The number of esters is 1. The Morgan fingerprint density at radius 1 is 1.20 bits per heavy atom. The third-order valence-electron chi connectivity index (χ3n) is 8.28. The predicted octanol–water partition coefficient (Wildman–Crippen LogP) is 3.21. The van der Waals surface area contributed by atoms with E-state index in [2.05, 4.69) is 13.0 Å². The van der Waals surface area contributed by atoms with Crippen LogP contribution in [0.1, 0.15) is 65.2 Å². The summed E-state index contributed by atoms with van der Waals surface area (Å²) in [5, 5.41) is 20.7. The Kier molecular flexibility index (Phi) is 4.27. The fourth-order valence-corrected chi connectivity index (χ4v) is 6.91. The molecule has 4 aliphatic carbocycles. The van der Waals surface area contributed by atoms with E-state index in [0.717, 1.165) is 51.4 Å². The lowest BCUT2D eigenvalue weighted by Crippen LogP contribution is -2.53. The van der Waals surface area contributed by atoms with Gasteiger partial charge in [0, 0.05) is 12.3 Å². The fourth-order valence-electron chi connectivity index (χ4n) is 6.91. The zero-order valence-corrected chi connectivity index (χ0v) is 15.5. The largest absolute Gasteiger partial charge is 0.465 e. The van der Waals surface area contributed by atoms with Crippen molar-refractivity contribution in [3.05, 3.63) is 11.6 Å². The topological polar surface area (TPSA) is 66.8 Å². The van der Waals surface area contributed by atoms with E-state index in [1.165, 1.54) is 12.5 Å². The van der Waals surface area contributed by atoms with Gasteiger partial charge in [-0.1, -0.05) is 18.6 Å². The maximum atomic E-state index is 11.5. The number of fused-ring (bicyclic) bond motifs is 5. The molecule has 0 aromatic heterocycles. The minimum atomic E-state index is -0.254. The normalized spacial score (nSPS) is 48.8. The van der Waals surface area contributed by atoms with E-state index in [1.54, 1.807) is 0 Å². The second-order valence-corrected chi connectivity index (χ2v) is 9.31. The fraction of sp³-hybridized carbons (Fsp3) is 0.857. The zero-order valence-electron chi connectivity index (χ0n) is 15.5. The van der Waals surface area contributed by atoms with E-state index < -0.39 is 0 Å². The minimum Gasteiger partial charge on any atom is -0.465 e. The second kappa shape index (κ2) is 6.09. The Labute approximate surface area is 150 Å². The summed E-state index contributed by atoms with van der Waals surface area (Å²) in [5.74, 6) is 1.45. The van der Waals surface area contributed by atoms with Crippen LogP contribution in [0.25, 0.3) is 0 Å². The molecule has 4 aliphatic rings. The summed E-state index contributed by atoms with van der Waals surface area (Å²) >= 11 is 0. The van der Waals surface area contributed by atoms with Gasteiger partial charge in [0.15, 0.2) is 0 Å². The van der Waals surface area contributed by atoms with E-state index in [-0.39, 0.29) is 29.0 Å². The Morgan fingerprint density at radius 3 is 2.76 bits per heavy atom. The number of hydrogen-bond acceptors (Lipinski definition) is 4. The molecular formula is C21H32O4. The molecule has 0 aliphatic heterocycles. The lowest BCUT2D eigenvalue weighted by molar-refractivity contribution is -0.150. The van der Waals surface area contributed by atoms with Crippen molar-refractivity contribution in [1.82, 2.24) is 0 Å². The Hall–Kier alpha value is -0.870. The summed E-state index contributed by atoms with van der Waals surface area (Å²) in [6.07, 6.45) is 9.65. The standard InChI is InChI=1S/C21H32O4/c1-13(22)25-12-21-10-7-15(23)11-14(21)3-4-16-17-5-6-19(24)20(17,2)9-8-18(16)21/h3,15-19,23-24H,4-12H2,1-2H3/t15-,16-,17-,18-,19-,20-,21+/m0/s1. The number of carbonyl (C=O) groups excluding carboxylic acids is 1. The van der Waals surface area contributed by atoms with Crippen molar-refractivity contribution < 1.29 is 19.7 Å². The highest BCUT2D eigenvalue weighted by Crippen LogP contribution is 2.64. The van der Waals surface area contributed by atoms with Gasteiger partial charge in [-0.25, -0.2) is 0 Å². The molecule has 0 aromatic carbocycles. The Balaban J connectivity index is 1.68. The molecule has 0 aromatic rings. The highest BCUT2D eigenvalue weighted by atomic mass is 16.5. The third kappa shape index (κ3) is 2.59. The van der Waals surface area contributed by atoms with Crippen molar-refractivity contribution >= 4 is 5.97 Å². The van der Waals surface area contributed by atoms with Gasteiger partial charge in [-0.3, -0.25) is 4.79 Å². The number of hydrogen-bond donors (Lipinski definition) is 2. The van der Waals surface area contributed by atoms with Gasteiger partial charge in [-0.05, 0) is 74.5 Å². The van der Waals surface area contributed by atoms with E-state index in [0.29, 0.717) is 24.4 Å². The molecule has 140 valence electrons. The molecular weight excluding hydrogens is 316 g/mol. The van der Waals surface area contributed by atoms with Crippen molar-refractivity contribution in [1.29, 1.82) is 0 Å². The van der Waals surface area contributed by atoms with Crippen LogP contribution >= 0.6 is 0 Å². The highest BCUT2D eigenvalue weighted by Gasteiger charge is 2.60. The molecule has 0 amide bonds. The zero-order chi connectivity index (χ0) is 17.8. The lowest BCUT2D eigenvalue weighted by Gasteiger charge is -2.58. The van der Waals surface area contributed by atoms with Crippen molar-refractivity contribution in [3.63, 3.8) is 0 Å². The van der Waals surface area contributed by atoms with Gasteiger partial charge in [0.05, 0.1) is 12.2 Å². The molecule has 0 unspecified atom stereocenters. The molecule has 0 heterocycles. The van der Waals surface area contributed by atoms with Crippen molar-refractivity contribution in [2.24, 2.45) is 28.6 Å². The smallest absolute Gasteiger partial charge is 0.302 e. The van der Waals surface area contributed by atoms with Gasteiger partial charge in [0.1, 0.15) is 6.61 Å². The first-order valence-corrected chi connectivity index (χ1v) is 10.1. The van der Waals surface area contributed by atoms with Crippen LogP contribution in [0.15, 0.2) is 11.6 Å². The van der Waals surface area contributed by atoms with Crippen LogP contribution in [0.2, 0.25) is 0 Å². The van der Waals surface area contributed by atoms with Crippen LogP contribution < -0.4 is 0 Å². The molecule has 7 atom stereocenters.